The Labute approximate surface area is 144 Å². The van der Waals surface area contributed by atoms with Crippen molar-refractivity contribution in [3.8, 4) is 0 Å². The minimum atomic E-state index is -2.23. The van der Waals surface area contributed by atoms with Crippen LogP contribution in [0.2, 0.25) is 18.1 Å². The number of nitrogens with zero attached hydrogens (tertiary/aromatic N) is 1. The van der Waals surface area contributed by atoms with Crippen LogP contribution in [0.25, 0.3) is 0 Å². The smallest absolute Gasteiger partial charge is 0.327 e. The van der Waals surface area contributed by atoms with Crippen molar-refractivity contribution in [3.05, 3.63) is 0 Å². The van der Waals surface area contributed by atoms with Crippen LogP contribution < -0.4 is 0 Å². The molecule has 0 aromatic heterocycles. The fourth-order valence-corrected chi connectivity index (χ4v) is 5.80. The summed E-state index contributed by atoms with van der Waals surface area (Å²) in [6.45, 7) is 13.7. The van der Waals surface area contributed by atoms with Crippen molar-refractivity contribution in [2.45, 2.75) is 64.9 Å². The Kier molecular flexibility index (Phi) is 5.88. The maximum Gasteiger partial charge on any atom is 0.327 e. The first kappa shape index (κ1) is 20.6. The second-order valence-corrected chi connectivity index (χ2v) is 12.4. The molecule has 7 nitrogen and oxygen atoms in total. The molecule has 0 spiro atoms. The average Bonchev–Trinajstić information content (AvgIpc) is 2.39. The van der Waals surface area contributed by atoms with Crippen LogP contribution in [0.4, 0.5) is 0 Å². The summed E-state index contributed by atoms with van der Waals surface area (Å²) in [4.78, 5) is 35.4. The molecular weight excluding hydrogens is 330 g/mol. The number of carbonyl (C=O) groups is 3. The first-order valence-corrected chi connectivity index (χ1v) is 11.1. The van der Waals surface area contributed by atoms with Gasteiger partial charge in [0.05, 0.1) is 12.0 Å². The summed E-state index contributed by atoms with van der Waals surface area (Å²) in [5, 5.41) is 18.1. The lowest BCUT2D eigenvalue weighted by Gasteiger charge is -2.50. The van der Waals surface area contributed by atoms with E-state index in [1.54, 1.807) is 6.92 Å². The van der Waals surface area contributed by atoms with Crippen molar-refractivity contribution in [2.24, 2.45) is 11.8 Å². The maximum atomic E-state index is 12.3. The van der Waals surface area contributed by atoms with Crippen LogP contribution >= 0.6 is 0 Å². The Morgan fingerprint density at radius 3 is 2.12 bits per heavy atom. The molecule has 24 heavy (non-hydrogen) atoms. The average molecular weight is 359 g/mol. The number of hydrogen-bond acceptors (Lipinski definition) is 4. The van der Waals surface area contributed by atoms with Gasteiger partial charge in [-0.2, -0.15) is 0 Å². The van der Waals surface area contributed by atoms with Crippen LogP contribution in [-0.4, -0.2) is 60.0 Å². The topological polar surface area (TPSA) is 104 Å². The zero-order valence-corrected chi connectivity index (χ0v) is 16.5. The van der Waals surface area contributed by atoms with Crippen molar-refractivity contribution in [2.75, 3.05) is 6.54 Å². The van der Waals surface area contributed by atoms with E-state index in [4.69, 9.17) is 9.53 Å². The monoisotopic (exact) mass is 359 g/mol. The molecule has 0 aliphatic carbocycles. The molecule has 1 aliphatic rings. The predicted octanol–water partition coefficient (Wildman–Crippen LogP) is 2.03. The van der Waals surface area contributed by atoms with Gasteiger partial charge in [0.2, 0.25) is 5.91 Å². The summed E-state index contributed by atoms with van der Waals surface area (Å²) < 4.78 is 6.25. The Balaban J connectivity index is 2.95. The second kappa shape index (κ2) is 6.83. The highest BCUT2D eigenvalue weighted by molar-refractivity contribution is 6.74. The molecule has 0 bridgehead atoms. The van der Waals surface area contributed by atoms with E-state index in [1.165, 1.54) is 0 Å². The van der Waals surface area contributed by atoms with Crippen molar-refractivity contribution >= 4 is 26.2 Å². The largest absolute Gasteiger partial charge is 0.480 e. The van der Waals surface area contributed by atoms with Crippen molar-refractivity contribution in [3.63, 3.8) is 0 Å². The summed E-state index contributed by atoms with van der Waals surface area (Å²) in [5.74, 6) is -3.35. The zero-order chi connectivity index (χ0) is 19.0. The highest BCUT2D eigenvalue weighted by atomic mass is 28.4. The number of aliphatic carboxylic acids is 2. The minimum Gasteiger partial charge on any atom is -0.480 e. The van der Waals surface area contributed by atoms with Crippen LogP contribution in [-0.2, 0) is 18.8 Å². The van der Waals surface area contributed by atoms with Gasteiger partial charge in [0, 0.05) is 0 Å². The van der Waals surface area contributed by atoms with Crippen molar-refractivity contribution in [1.82, 2.24) is 4.90 Å². The lowest BCUT2D eigenvalue weighted by atomic mass is 9.83. The van der Waals surface area contributed by atoms with Crippen LogP contribution in [0.3, 0.4) is 0 Å². The Morgan fingerprint density at radius 2 is 1.75 bits per heavy atom. The highest BCUT2D eigenvalue weighted by Crippen LogP contribution is 2.46. The first-order valence-electron chi connectivity index (χ1n) is 8.17. The Bertz CT molecular complexity index is 531. The molecule has 3 atom stereocenters. The molecule has 1 saturated heterocycles. The number of rotatable bonds is 8. The Hall–Kier alpha value is -1.41. The van der Waals surface area contributed by atoms with E-state index in [0.717, 1.165) is 4.90 Å². The van der Waals surface area contributed by atoms with Gasteiger partial charge in [0.25, 0.3) is 0 Å². The summed E-state index contributed by atoms with van der Waals surface area (Å²) in [7, 11) is -2.23. The van der Waals surface area contributed by atoms with E-state index in [2.05, 4.69) is 40.8 Å². The number of carbonyl (C=O) groups excluding carboxylic acids is 1. The van der Waals surface area contributed by atoms with Gasteiger partial charge in [-0.3, -0.25) is 9.59 Å². The number of carboxylic acids is 2. The number of hydrogen-bond donors (Lipinski definition) is 2. The van der Waals surface area contributed by atoms with E-state index in [0.29, 0.717) is 5.92 Å². The van der Waals surface area contributed by atoms with E-state index in [1.807, 2.05) is 0 Å². The first-order chi connectivity index (χ1) is 10.7. The standard InChI is InChI=1S/C16H29NO6Si/c1-9(2)16(4,5)24(6,7)23-10(3)12-13(15(21)22)17(14(12)20)8-11(18)19/h9-10,12-13H,8H2,1-7H3,(H,18,19)(H,21,22)/t10-,12-,13+/m1/s1. The number of likely N-dealkylation sites (tertiary alicyclic amines) is 1. The van der Waals surface area contributed by atoms with Gasteiger partial charge in [-0.25, -0.2) is 4.79 Å². The lowest BCUT2D eigenvalue weighted by Crippen LogP contribution is -2.69. The predicted molar refractivity (Wildman–Crippen MR) is 91.2 cm³/mol. The zero-order valence-electron chi connectivity index (χ0n) is 15.5. The third-order valence-electron chi connectivity index (χ3n) is 5.78. The SMILES string of the molecule is CC(C)C(C)(C)[Si](C)(C)O[C@H](C)[C@H]1C(=O)N(CC(=O)O)[C@@H]1C(=O)O. The summed E-state index contributed by atoms with van der Waals surface area (Å²) in [6.07, 6.45) is -0.566. The van der Waals surface area contributed by atoms with Gasteiger partial charge >= 0.3 is 11.9 Å². The molecule has 1 amide bonds. The van der Waals surface area contributed by atoms with Gasteiger partial charge < -0.3 is 19.5 Å². The molecule has 1 heterocycles. The van der Waals surface area contributed by atoms with Crippen LogP contribution in [0.5, 0.6) is 0 Å². The maximum absolute atomic E-state index is 12.3. The molecule has 0 unspecified atom stereocenters. The summed E-state index contributed by atoms with van der Waals surface area (Å²) in [6, 6.07) is -1.14. The summed E-state index contributed by atoms with van der Waals surface area (Å²) in [5.41, 5.74) is 0. The molecule has 1 aliphatic heterocycles. The molecule has 138 valence electrons. The minimum absolute atomic E-state index is 0.0620. The van der Waals surface area contributed by atoms with Crippen LogP contribution in [0, 0.1) is 11.8 Å². The van der Waals surface area contributed by atoms with Gasteiger partial charge in [-0.05, 0) is 31.0 Å². The quantitative estimate of drug-likeness (QED) is 0.507. The van der Waals surface area contributed by atoms with E-state index in [9.17, 15) is 19.5 Å². The normalized spacial score (nSPS) is 23.2. The molecule has 0 saturated carbocycles. The van der Waals surface area contributed by atoms with E-state index in [-0.39, 0.29) is 5.04 Å². The molecule has 1 fully saturated rings. The number of carboxylic acid groups (broad SMARTS) is 2. The van der Waals surface area contributed by atoms with Crippen molar-refractivity contribution < 1.29 is 29.0 Å². The lowest BCUT2D eigenvalue weighted by molar-refractivity contribution is -0.179. The van der Waals surface area contributed by atoms with Crippen molar-refractivity contribution in [1.29, 1.82) is 0 Å². The molecule has 8 heteroatoms. The number of β-lactam (4-membered cyclic amide) rings is 1. The van der Waals surface area contributed by atoms with Gasteiger partial charge in [0.15, 0.2) is 8.32 Å². The third-order valence-corrected chi connectivity index (χ3v) is 10.4. The van der Waals surface area contributed by atoms with Crippen LogP contribution in [0.15, 0.2) is 0 Å². The van der Waals surface area contributed by atoms with Gasteiger partial charge in [0.1, 0.15) is 12.6 Å². The Morgan fingerprint density at radius 1 is 1.25 bits per heavy atom. The molecule has 0 radical (unpaired) electrons. The molecule has 0 aromatic carbocycles. The fourth-order valence-electron chi connectivity index (χ4n) is 3.03. The van der Waals surface area contributed by atoms with Gasteiger partial charge in [-0.15, -0.1) is 0 Å². The third kappa shape index (κ3) is 3.64. The molecule has 1 rings (SSSR count). The van der Waals surface area contributed by atoms with E-state index < -0.39 is 50.8 Å². The molecule has 2 N–H and O–H groups in total. The highest BCUT2D eigenvalue weighted by Gasteiger charge is 2.56. The number of amides is 1. The molecule has 0 aromatic rings. The van der Waals surface area contributed by atoms with Gasteiger partial charge in [-0.1, -0.05) is 27.7 Å². The van der Waals surface area contributed by atoms with E-state index >= 15 is 0 Å². The second-order valence-electron chi connectivity index (χ2n) is 7.88. The van der Waals surface area contributed by atoms with Crippen LogP contribution in [0.1, 0.15) is 34.6 Å². The fraction of sp³-hybridized carbons (Fsp3) is 0.812. The molecular formula is C16H29NO6Si. The summed E-state index contributed by atoms with van der Waals surface area (Å²) >= 11 is 0.